The van der Waals surface area contributed by atoms with Crippen molar-refractivity contribution in [3.05, 3.63) is 29.8 Å². The number of benzene rings is 1. The molecule has 1 saturated heterocycles. The zero-order valence-electron chi connectivity index (χ0n) is 9.52. The number of rotatable bonds is 2. The quantitative estimate of drug-likeness (QED) is 0.757. The molecule has 0 radical (unpaired) electrons. The van der Waals surface area contributed by atoms with Gasteiger partial charge in [-0.2, -0.15) is 0 Å². The van der Waals surface area contributed by atoms with Crippen molar-refractivity contribution in [2.24, 2.45) is 4.99 Å². The molecule has 1 unspecified atom stereocenters. The third kappa shape index (κ3) is 1.56. The van der Waals surface area contributed by atoms with Gasteiger partial charge in [-0.1, -0.05) is 12.1 Å². The van der Waals surface area contributed by atoms with E-state index in [0.29, 0.717) is 6.04 Å². The van der Waals surface area contributed by atoms with Crippen molar-refractivity contribution in [1.82, 2.24) is 4.90 Å². The topological polar surface area (TPSA) is 24.8 Å². The Hall–Kier alpha value is -1.51. The Labute approximate surface area is 95.7 Å². The number of aliphatic imine (C=N–C) groups is 1. The largest absolute Gasteiger partial charge is 0.497 e. The first-order valence-corrected chi connectivity index (χ1v) is 5.82. The number of fused-ring (bicyclic) bond motifs is 1. The van der Waals surface area contributed by atoms with Crippen LogP contribution in [0.5, 0.6) is 5.75 Å². The second-order valence-electron chi connectivity index (χ2n) is 4.38. The summed E-state index contributed by atoms with van der Waals surface area (Å²) >= 11 is 0. The normalized spacial score (nSPS) is 23.2. The predicted molar refractivity (Wildman–Crippen MR) is 64.0 cm³/mol. The fourth-order valence-corrected chi connectivity index (χ4v) is 2.49. The second kappa shape index (κ2) is 3.81. The van der Waals surface area contributed by atoms with Crippen molar-refractivity contribution in [2.45, 2.75) is 18.9 Å². The van der Waals surface area contributed by atoms with Crippen molar-refractivity contribution >= 4 is 5.84 Å². The van der Waals surface area contributed by atoms with Crippen LogP contribution in [0.3, 0.4) is 0 Å². The maximum Gasteiger partial charge on any atom is 0.118 e. The van der Waals surface area contributed by atoms with Crippen molar-refractivity contribution in [1.29, 1.82) is 0 Å². The molecule has 1 aromatic carbocycles. The smallest absolute Gasteiger partial charge is 0.118 e. The standard InChI is InChI=1S/C13H16N2O/c1-16-11-6-4-10(5-7-11)12-9-15-8-2-3-13(15)14-12/h4-7,12H,2-3,8-9H2,1H3. The van der Waals surface area contributed by atoms with Gasteiger partial charge < -0.3 is 9.64 Å². The van der Waals surface area contributed by atoms with E-state index in [9.17, 15) is 0 Å². The lowest BCUT2D eigenvalue weighted by Gasteiger charge is -2.13. The van der Waals surface area contributed by atoms with Crippen molar-refractivity contribution in [3.63, 3.8) is 0 Å². The second-order valence-corrected chi connectivity index (χ2v) is 4.38. The van der Waals surface area contributed by atoms with Crippen LogP contribution in [0.25, 0.3) is 0 Å². The van der Waals surface area contributed by atoms with Crippen molar-refractivity contribution < 1.29 is 4.74 Å². The van der Waals surface area contributed by atoms with E-state index in [0.717, 1.165) is 18.7 Å². The van der Waals surface area contributed by atoms with Crippen LogP contribution in [-0.4, -0.2) is 30.9 Å². The lowest BCUT2D eigenvalue weighted by molar-refractivity contribution is 0.414. The number of hydrogen-bond donors (Lipinski definition) is 0. The summed E-state index contributed by atoms with van der Waals surface area (Å²) < 4.78 is 5.16. The molecule has 0 aliphatic carbocycles. The molecule has 1 atom stereocenters. The Morgan fingerprint density at radius 3 is 2.81 bits per heavy atom. The third-order valence-corrected chi connectivity index (χ3v) is 3.39. The van der Waals surface area contributed by atoms with Crippen LogP contribution in [0, 0.1) is 0 Å². The van der Waals surface area contributed by atoms with Gasteiger partial charge in [0.1, 0.15) is 5.75 Å². The van der Waals surface area contributed by atoms with E-state index in [-0.39, 0.29) is 0 Å². The Balaban J connectivity index is 1.80. The van der Waals surface area contributed by atoms with Crippen LogP contribution in [0.2, 0.25) is 0 Å². The monoisotopic (exact) mass is 216 g/mol. The minimum atomic E-state index is 0.334. The predicted octanol–water partition coefficient (Wildman–Crippen LogP) is 2.24. The minimum absolute atomic E-state index is 0.334. The van der Waals surface area contributed by atoms with Crippen molar-refractivity contribution in [3.8, 4) is 5.75 Å². The highest BCUT2D eigenvalue weighted by Crippen LogP contribution is 2.30. The van der Waals surface area contributed by atoms with Gasteiger partial charge in [0.15, 0.2) is 0 Å². The van der Waals surface area contributed by atoms with E-state index < -0.39 is 0 Å². The number of ether oxygens (including phenoxy) is 1. The lowest BCUT2D eigenvalue weighted by Crippen LogP contribution is -2.21. The summed E-state index contributed by atoms with van der Waals surface area (Å²) in [5, 5.41) is 0. The van der Waals surface area contributed by atoms with Crippen LogP contribution < -0.4 is 4.74 Å². The van der Waals surface area contributed by atoms with Crippen LogP contribution in [0.4, 0.5) is 0 Å². The van der Waals surface area contributed by atoms with E-state index in [1.807, 2.05) is 12.1 Å². The molecule has 2 aliphatic heterocycles. The molecule has 3 rings (SSSR count). The molecule has 0 amide bonds. The molecule has 0 bridgehead atoms. The molecule has 16 heavy (non-hydrogen) atoms. The van der Waals surface area contributed by atoms with Gasteiger partial charge >= 0.3 is 0 Å². The van der Waals surface area contributed by atoms with Crippen LogP contribution in [-0.2, 0) is 0 Å². The fraction of sp³-hybridized carbons (Fsp3) is 0.462. The summed E-state index contributed by atoms with van der Waals surface area (Å²) in [7, 11) is 1.70. The summed E-state index contributed by atoms with van der Waals surface area (Å²) in [6.07, 6.45) is 2.43. The Morgan fingerprint density at radius 1 is 1.31 bits per heavy atom. The summed E-state index contributed by atoms with van der Waals surface area (Å²) in [5.41, 5.74) is 1.29. The molecule has 3 heteroatoms. The highest BCUT2D eigenvalue weighted by Gasteiger charge is 2.29. The van der Waals surface area contributed by atoms with Gasteiger partial charge in [0.2, 0.25) is 0 Å². The molecule has 1 aromatic rings. The highest BCUT2D eigenvalue weighted by molar-refractivity contribution is 5.86. The zero-order chi connectivity index (χ0) is 11.0. The number of amidine groups is 1. The summed E-state index contributed by atoms with van der Waals surface area (Å²) in [6.45, 7) is 2.24. The summed E-state index contributed by atoms with van der Waals surface area (Å²) in [4.78, 5) is 7.19. The number of methoxy groups -OCH3 is 1. The van der Waals surface area contributed by atoms with Gasteiger partial charge in [-0.25, -0.2) is 0 Å². The van der Waals surface area contributed by atoms with E-state index in [2.05, 4.69) is 17.0 Å². The molecule has 0 saturated carbocycles. The first-order chi connectivity index (χ1) is 7.86. The molecule has 2 aliphatic rings. The van der Waals surface area contributed by atoms with E-state index in [1.165, 1.54) is 24.4 Å². The van der Waals surface area contributed by atoms with Gasteiger partial charge in [-0.3, -0.25) is 4.99 Å². The average molecular weight is 216 g/mol. The van der Waals surface area contributed by atoms with Gasteiger partial charge in [0.25, 0.3) is 0 Å². The Morgan fingerprint density at radius 2 is 2.12 bits per heavy atom. The van der Waals surface area contributed by atoms with Gasteiger partial charge in [-0.05, 0) is 24.1 Å². The third-order valence-electron chi connectivity index (χ3n) is 3.39. The minimum Gasteiger partial charge on any atom is -0.497 e. The molecular weight excluding hydrogens is 200 g/mol. The van der Waals surface area contributed by atoms with E-state index in [1.54, 1.807) is 7.11 Å². The maximum atomic E-state index is 5.16. The fourth-order valence-electron chi connectivity index (χ4n) is 2.49. The average Bonchev–Trinajstić information content (AvgIpc) is 2.89. The highest BCUT2D eigenvalue weighted by atomic mass is 16.5. The van der Waals surface area contributed by atoms with E-state index in [4.69, 9.17) is 9.73 Å². The zero-order valence-corrected chi connectivity index (χ0v) is 9.52. The van der Waals surface area contributed by atoms with Crippen LogP contribution in [0.15, 0.2) is 29.3 Å². The summed E-state index contributed by atoms with van der Waals surface area (Å²) in [6, 6.07) is 8.60. The maximum absolute atomic E-state index is 5.16. The van der Waals surface area contributed by atoms with Crippen LogP contribution >= 0.6 is 0 Å². The van der Waals surface area contributed by atoms with Gasteiger partial charge in [0, 0.05) is 19.5 Å². The van der Waals surface area contributed by atoms with Crippen LogP contribution in [0.1, 0.15) is 24.4 Å². The SMILES string of the molecule is COc1ccc(C2CN3CCCC3=N2)cc1. The first kappa shape index (κ1) is 9.70. The molecule has 0 spiro atoms. The molecule has 0 aromatic heterocycles. The molecule has 84 valence electrons. The molecular formula is C13H16N2O. The molecule has 3 nitrogen and oxygen atoms in total. The summed E-state index contributed by atoms with van der Waals surface area (Å²) in [5.74, 6) is 2.22. The van der Waals surface area contributed by atoms with Gasteiger partial charge in [-0.15, -0.1) is 0 Å². The van der Waals surface area contributed by atoms with Crippen molar-refractivity contribution in [2.75, 3.05) is 20.2 Å². The van der Waals surface area contributed by atoms with E-state index >= 15 is 0 Å². The number of hydrogen-bond acceptors (Lipinski definition) is 3. The Bertz CT molecular complexity index is 410. The number of nitrogens with zero attached hydrogens (tertiary/aromatic N) is 2. The molecule has 0 N–H and O–H groups in total. The Kier molecular flexibility index (Phi) is 2.31. The van der Waals surface area contributed by atoms with Gasteiger partial charge in [0.05, 0.1) is 19.0 Å². The first-order valence-electron chi connectivity index (χ1n) is 5.82. The molecule has 2 heterocycles. The molecule has 1 fully saturated rings. The lowest BCUT2D eigenvalue weighted by atomic mass is 10.1.